The summed E-state index contributed by atoms with van der Waals surface area (Å²) in [6, 6.07) is 2.40. The second kappa shape index (κ2) is 4.65. The molecule has 18 heavy (non-hydrogen) atoms. The monoisotopic (exact) mass is 264 g/mol. The summed E-state index contributed by atoms with van der Waals surface area (Å²) in [6.45, 7) is 6.25. The number of nitrogens with zero attached hydrogens (tertiary/aromatic N) is 2. The van der Waals surface area contributed by atoms with Crippen molar-refractivity contribution < 1.29 is 9.59 Å². The molecule has 2 heterocycles. The summed E-state index contributed by atoms with van der Waals surface area (Å²) in [5, 5.41) is -0.216. The number of aryl methyl sites for hydroxylation is 1. The fourth-order valence-electron chi connectivity index (χ4n) is 1.95. The number of carbonyl (C=O) groups excluding carboxylic acids is 2. The number of likely N-dealkylation sites (N-methyl/N-ethyl adjacent to an activating group) is 1. The molecule has 0 aliphatic carbocycles. The average Bonchev–Trinajstić information content (AvgIpc) is 2.76. The highest BCUT2D eigenvalue weighted by Crippen LogP contribution is 2.31. The minimum absolute atomic E-state index is 0.216. The predicted octanol–water partition coefficient (Wildman–Crippen LogP) is 3.04. The topological polar surface area (TPSA) is 42.3 Å². The Morgan fingerprint density at radius 2 is 2.00 bits per heavy atom. The van der Waals surface area contributed by atoms with Gasteiger partial charge in [0.2, 0.25) is 0 Å². The van der Waals surface area contributed by atoms with E-state index in [1.54, 1.807) is 6.08 Å². The lowest BCUT2D eigenvalue weighted by Crippen LogP contribution is -2.22. The number of carbonyl (C=O) groups is 2. The molecule has 1 aliphatic rings. The van der Waals surface area contributed by atoms with Gasteiger partial charge in [0.25, 0.3) is 11.1 Å². The molecule has 0 N–H and O–H groups in total. The van der Waals surface area contributed by atoms with Crippen LogP contribution >= 0.6 is 11.8 Å². The minimum atomic E-state index is -0.222. The van der Waals surface area contributed by atoms with Crippen LogP contribution in [0.3, 0.4) is 0 Å². The SMILES string of the molecule is Cc1cc(/C=C2\SC(=O)N(C)C2=O)cn1C(C)C. The van der Waals surface area contributed by atoms with Gasteiger partial charge in [-0.25, -0.2) is 0 Å². The van der Waals surface area contributed by atoms with Gasteiger partial charge in [-0.15, -0.1) is 0 Å². The Bertz CT molecular complexity index is 543. The zero-order valence-corrected chi connectivity index (χ0v) is 11.7. The number of rotatable bonds is 2. The van der Waals surface area contributed by atoms with Gasteiger partial charge in [0.15, 0.2) is 0 Å². The third-order valence-electron chi connectivity index (χ3n) is 2.91. The van der Waals surface area contributed by atoms with E-state index in [0.717, 1.165) is 27.9 Å². The molecular formula is C13H16N2O2S. The second-order valence-electron chi connectivity index (χ2n) is 4.66. The van der Waals surface area contributed by atoms with E-state index in [1.165, 1.54) is 7.05 Å². The number of imide groups is 1. The van der Waals surface area contributed by atoms with Gasteiger partial charge in [-0.1, -0.05) is 0 Å². The van der Waals surface area contributed by atoms with Gasteiger partial charge in [-0.05, 0) is 50.2 Å². The van der Waals surface area contributed by atoms with E-state index in [1.807, 2.05) is 19.2 Å². The maximum absolute atomic E-state index is 11.8. The summed E-state index contributed by atoms with van der Waals surface area (Å²) in [6.07, 6.45) is 3.78. The maximum Gasteiger partial charge on any atom is 0.293 e. The van der Waals surface area contributed by atoms with Gasteiger partial charge < -0.3 is 4.57 Å². The highest BCUT2D eigenvalue weighted by molar-refractivity contribution is 8.18. The largest absolute Gasteiger partial charge is 0.349 e. The molecule has 96 valence electrons. The summed E-state index contributed by atoms with van der Waals surface area (Å²) in [5.41, 5.74) is 2.10. The van der Waals surface area contributed by atoms with Crippen molar-refractivity contribution in [2.75, 3.05) is 7.05 Å². The summed E-state index contributed by atoms with van der Waals surface area (Å²) in [7, 11) is 1.50. The fourth-order valence-corrected chi connectivity index (χ4v) is 2.77. The molecule has 0 bridgehead atoms. The van der Waals surface area contributed by atoms with Crippen LogP contribution in [-0.4, -0.2) is 27.7 Å². The van der Waals surface area contributed by atoms with E-state index < -0.39 is 0 Å². The first-order valence-corrected chi connectivity index (χ1v) is 6.62. The predicted molar refractivity (Wildman–Crippen MR) is 73.3 cm³/mol. The number of thioether (sulfide) groups is 1. The lowest BCUT2D eigenvalue weighted by atomic mass is 10.3. The summed E-state index contributed by atoms with van der Waals surface area (Å²) in [4.78, 5) is 24.8. The van der Waals surface area contributed by atoms with Crippen molar-refractivity contribution in [1.82, 2.24) is 9.47 Å². The first kappa shape index (κ1) is 13.0. The zero-order valence-electron chi connectivity index (χ0n) is 10.9. The molecule has 4 nitrogen and oxygen atoms in total. The van der Waals surface area contributed by atoms with Crippen LogP contribution in [0.1, 0.15) is 31.1 Å². The van der Waals surface area contributed by atoms with E-state index >= 15 is 0 Å². The molecule has 1 aromatic heterocycles. The molecule has 1 aliphatic heterocycles. The third kappa shape index (κ3) is 2.22. The van der Waals surface area contributed by atoms with E-state index in [2.05, 4.69) is 18.4 Å². The van der Waals surface area contributed by atoms with Gasteiger partial charge in [0.05, 0.1) is 4.91 Å². The molecule has 0 radical (unpaired) electrons. The van der Waals surface area contributed by atoms with Crippen molar-refractivity contribution in [2.24, 2.45) is 0 Å². The van der Waals surface area contributed by atoms with Crippen LogP contribution in [0.2, 0.25) is 0 Å². The Hall–Kier alpha value is -1.49. The van der Waals surface area contributed by atoms with Crippen LogP contribution in [-0.2, 0) is 4.79 Å². The highest BCUT2D eigenvalue weighted by atomic mass is 32.2. The maximum atomic E-state index is 11.8. The quantitative estimate of drug-likeness (QED) is 0.771. The third-order valence-corrected chi connectivity index (χ3v) is 3.87. The lowest BCUT2D eigenvalue weighted by Gasteiger charge is -2.08. The molecule has 1 aromatic rings. The van der Waals surface area contributed by atoms with Crippen molar-refractivity contribution in [3.05, 3.63) is 28.4 Å². The number of aromatic nitrogens is 1. The van der Waals surface area contributed by atoms with Crippen molar-refractivity contribution in [3.8, 4) is 0 Å². The normalized spacial score (nSPS) is 18.5. The standard InChI is InChI=1S/C13H16N2O2S/c1-8(2)15-7-10(5-9(15)3)6-11-12(16)14(4)13(17)18-11/h5-8H,1-4H3/b11-6-. The van der Waals surface area contributed by atoms with Crippen LogP contribution in [0.25, 0.3) is 6.08 Å². The van der Waals surface area contributed by atoms with E-state index in [4.69, 9.17) is 0 Å². The Labute approximate surface area is 111 Å². The first-order chi connectivity index (χ1) is 8.40. The summed E-state index contributed by atoms with van der Waals surface area (Å²) < 4.78 is 2.14. The van der Waals surface area contributed by atoms with Gasteiger partial charge in [0.1, 0.15) is 0 Å². The fraction of sp³-hybridized carbons (Fsp3) is 0.385. The molecule has 1 saturated heterocycles. The first-order valence-electron chi connectivity index (χ1n) is 5.80. The lowest BCUT2D eigenvalue weighted by molar-refractivity contribution is -0.121. The number of amides is 2. The van der Waals surface area contributed by atoms with Crippen LogP contribution in [0.15, 0.2) is 17.2 Å². The van der Waals surface area contributed by atoms with E-state index in [0.29, 0.717) is 10.9 Å². The molecule has 0 aromatic carbocycles. The minimum Gasteiger partial charge on any atom is -0.349 e. The van der Waals surface area contributed by atoms with Crippen molar-refractivity contribution in [3.63, 3.8) is 0 Å². The van der Waals surface area contributed by atoms with Gasteiger partial charge >= 0.3 is 0 Å². The summed E-state index contributed by atoms with van der Waals surface area (Å²) in [5.74, 6) is -0.222. The van der Waals surface area contributed by atoms with Gasteiger partial charge in [0, 0.05) is 25.0 Å². The van der Waals surface area contributed by atoms with Crippen molar-refractivity contribution >= 4 is 29.0 Å². The molecule has 2 rings (SSSR count). The summed E-state index contributed by atoms with van der Waals surface area (Å²) >= 11 is 0.989. The Morgan fingerprint density at radius 1 is 1.33 bits per heavy atom. The smallest absolute Gasteiger partial charge is 0.293 e. The van der Waals surface area contributed by atoms with E-state index in [-0.39, 0.29) is 11.1 Å². The Kier molecular flexibility index (Phi) is 3.34. The molecule has 0 atom stereocenters. The number of hydrogen-bond acceptors (Lipinski definition) is 3. The van der Waals surface area contributed by atoms with Crippen LogP contribution in [0.5, 0.6) is 0 Å². The van der Waals surface area contributed by atoms with Gasteiger partial charge in [-0.2, -0.15) is 0 Å². The molecule has 0 unspecified atom stereocenters. The molecule has 2 amide bonds. The Morgan fingerprint density at radius 3 is 2.44 bits per heavy atom. The van der Waals surface area contributed by atoms with Gasteiger partial charge in [-0.3, -0.25) is 14.5 Å². The molecule has 1 fully saturated rings. The van der Waals surface area contributed by atoms with Crippen LogP contribution < -0.4 is 0 Å². The highest BCUT2D eigenvalue weighted by Gasteiger charge is 2.31. The number of hydrogen-bond donors (Lipinski definition) is 0. The van der Waals surface area contributed by atoms with Crippen molar-refractivity contribution in [2.45, 2.75) is 26.8 Å². The van der Waals surface area contributed by atoms with Crippen LogP contribution in [0, 0.1) is 6.92 Å². The van der Waals surface area contributed by atoms with Crippen molar-refractivity contribution in [1.29, 1.82) is 0 Å². The molecule has 0 spiro atoms. The van der Waals surface area contributed by atoms with Crippen LogP contribution in [0.4, 0.5) is 4.79 Å². The average molecular weight is 264 g/mol. The molecular weight excluding hydrogens is 248 g/mol. The molecule has 5 heteroatoms. The molecule has 0 saturated carbocycles. The second-order valence-corrected chi connectivity index (χ2v) is 5.65. The zero-order chi connectivity index (χ0) is 13.4. The van der Waals surface area contributed by atoms with E-state index in [9.17, 15) is 9.59 Å². The Balaban J connectivity index is 2.32.